The maximum atomic E-state index is 6.04. The molecule has 0 bridgehead atoms. The van der Waals surface area contributed by atoms with Crippen LogP contribution >= 0.6 is 22.9 Å². The van der Waals surface area contributed by atoms with Gasteiger partial charge in [0.15, 0.2) is 10.8 Å². The average Bonchev–Trinajstić information content (AvgIpc) is 2.92. The van der Waals surface area contributed by atoms with E-state index in [4.69, 9.17) is 11.6 Å². The van der Waals surface area contributed by atoms with Gasteiger partial charge in [0.2, 0.25) is 4.96 Å². The summed E-state index contributed by atoms with van der Waals surface area (Å²) in [6.07, 6.45) is 5.20. The standard InChI is InChI=1S/C10H9ClN6S/c11-6-4-12-13-7(6)9-16-17-8(5-2-1-3-5)14-15-10(17)18-9/h4-5H,1-3H2,(H,12,13). The van der Waals surface area contributed by atoms with Crippen molar-refractivity contribution in [1.29, 1.82) is 0 Å². The van der Waals surface area contributed by atoms with Gasteiger partial charge in [-0.3, -0.25) is 5.10 Å². The van der Waals surface area contributed by atoms with E-state index < -0.39 is 0 Å². The lowest BCUT2D eigenvalue weighted by molar-refractivity contribution is 0.395. The second-order valence-corrected chi connectivity index (χ2v) is 5.74. The van der Waals surface area contributed by atoms with E-state index in [1.54, 1.807) is 6.20 Å². The van der Waals surface area contributed by atoms with Gasteiger partial charge in [0, 0.05) is 5.92 Å². The Labute approximate surface area is 111 Å². The van der Waals surface area contributed by atoms with Crippen molar-refractivity contribution in [3.8, 4) is 10.7 Å². The molecule has 1 N–H and O–H groups in total. The third-order valence-corrected chi connectivity index (χ3v) is 4.50. The normalized spacial score (nSPS) is 16.3. The number of H-pyrrole nitrogens is 1. The van der Waals surface area contributed by atoms with Crippen LogP contribution in [-0.4, -0.2) is 30.0 Å². The minimum atomic E-state index is 0.507. The van der Waals surface area contributed by atoms with Crippen molar-refractivity contribution in [3.63, 3.8) is 0 Å². The van der Waals surface area contributed by atoms with Crippen molar-refractivity contribution in [1.82, 2.24) is 30.0 Å². The number of halogens is 1. The van der Waals surface area contributed by atoms with Crippen LogP contribution in [-0.2, 0) is 0 Å². The molecule has 1 aliphatic carbocycles. The van der Waals surface area contributed by atoms with Gasteiger partial charge in [0.25, 0.3) is 0 Å². The number of aromatic amines is 1. The van der Waals surface area contributed by atoms with Crippen LogP contribution in [0.4, 0.5) is 0 Å². The highest BCUT2D eigenvalue weighted by Gasteiger charge is 2.26. The van der Waals surface area contributed by atoms with Gasteiger partial charge in [-0.15, -0.1) is 10.2 Å². The molecule has 3 aromatic rings. The lowest BCUT2D eigenvalue weighted by Gasteiger charge is -2.22. The quantitative estimate of drug-likeness (QED) is 0.783. The first-order chi connectivity index (χ1) is 8.83. The van der Waals surface area contributed by atoms with Crippen LogP contribution in [0.25, 0.3) is 15.7 Å². The first-order valence-corrected chi connectivity index (χ1v) is 6.94. The topological polar surface area (TPSA) is 71.8 Å². The second kappa shape index (κ2) is 3.76. The molecule has 8 heteroatoms. The Morgan fingerprint density at radius 1 is 1.39 bits per heavy atom. The molecule has 0 unspecified atom stereocenters. The van der Waals surface area contributed by atoms with E-state index in [1.807, 2.05) is 4.52 Å². The van der Waals surface area contributed by atoms with E-state index in [9.17, 15) is 0 Å². The summed E-state index contributed by atoms with van der Waals surface area (Å²) in [7, 11) is 0. The van der Waals surface area contributed by atoms with Crippen molar-refractivity contribution in [2.45, 2.75) is 25.2 Å². The zero-order valence-electron chi connectivity index (χ0n) is 9.30. The fraction of sp³-hybridized carbons (Fsp3) is 0.400. The Hall–Kier alpha value is -1.47. The molecule has 0 aliphatic heterocycles. The van der Waals surface area contributed by atoms with Crippen LogP contribution in [0.5, 0.6) is 0 Å². The molecular formula is C10H9ClN6S. The van der Waals surface area contributed by atoms with Crippen LogP contribution in [0, 0.1) is 0 Å². The lowest BCUT2D eigenvalue weighted by atomic mass is 9.85. The Bertz CT molecular complexity index is 709. The number of nitrogens with one attached hydrogen (secondary N) is 1. The molecule has 6 nitrogen and oxygen atoms in total. The summed E-state index contributed by atoms with van der Waals surface area (Å²) in [5.74, 6) is 1.47. The highest BCUT2D eigenvalue weighted by atomic mass is 35.5. The second-order valence-electron chi connectivity index (χ2n) is 4.38. The lowest BCUT2D eigenvalue weighted by Crippen LogP contribution is -2.13. The average molecular weight is 281 g/mol. The predicted octanol–water partition coefficient (Wildman–Crippen LogP) is 2.50. The van der Waals surface area contributed by atoms with E-state index in [-0.39, 0.29) is 0 Å². The van der Waals surface area contributed by atoms with Crippen LogP contribution in [0.3, 0.4) is 0 Å². The molecule has 0 aromatic carbocycles. The SMILES string of the molecule is Clc1cn[nH]c1-c1nn2c(C3CCC3)nnc2s1. The Balaban J connectivity index is 1.84. The largest absolute Gasteiger partial charge is 0.274 e. The van der Waals surface area contributed by atoms with E-state index in [1.165, 1.54) is 30.6 Å². The summed E-state index contributed by atoms with van der Waals surface area (Å²) in [6.45, 7) is 0. The zero-order chi connectivity index (χ0) is 12.1. The van der Waals surface area contributed by atoms with Crippen LogP contribution in [0.1, 0.15) is 31.0 Å². The molecule has 0 spiro atoms. The molecule has 0 atom stereocenters. The van der Waals surface area contributed by atoms with Gasteiger partial charge in [0.05, 0.1) is 11.2 Å². The first kappa shape index (κ1) is 10.5. The maximum absolute atomic E-state index is 6.04. The molecule has 18 heavy (non-hydrogen) atoms. The molecule has 3 aromatic heterocycles. The highest BCUT2D eigenvalue weighted by Crippen LogP contribution is 2.37. The van der Waals surface area contributed by atoms with Gasteiger partial charge < -0.3 is 0 Å². The van der Waals surface area contributed by atoms with E-state index in [0.717, 1.165) is 21.5 Å². The Kier molecular flexibility index (Phi) is 2.18. The molecule has 1 saturated carbocycles. The summed E-state index contributed by atoms with van der Waals surface area (Å²) in [5.41, 5.74) is 0.742. The molecule has 1 fully saturated rings. The van der Waals surface area contributed by atoms with Crippen LogP contribution in [0.2, 0.25) is 5.02 Å². The number of hydrogen-bond acceptors (Lipinski definition) is 5. The number of nitrogens with zero attached hydrogens (tertiary/aromatic N) is 5. The highest BCUT2D eigenvalue weighted by molar-refractivity contribution is 7.19. The van der Waals surface area contributed by atoms with E-state index >= 15 is 0 Å². The summed E-state index contributed by atoms with van der Waals surface area (Å²) in [4.78, 5) is 0.803. The molecular weight excluding hydrogens is 272 g/mol. The van der Waals surface area contributed by atoms with Gasteiger partial charge in [-0.05, 0) is 12.8 Å². The molecule has 3 heterocycles. The Morgan fingerprint density at radius 3 is 2.94 bits per heavy atom. The van der Waals surface area contributed by atoms with Crippen LogP contribution < -0.4 is 0 Å². The van der Waals surface area contributed by atoms with Gasteiger partial charge >= 0.3 is 0 Å². The van der Waals surface area contributed by atoms with E-state index in [2.05, 4.69) is 25.5 Å². The zero-order valence-corrected chi connectivity index (χ0v) is 10.9. The fourth-order valence-corrected chi connectivity index (χ4v) is 3.17. The molecule has 92 valence electrons. The smallest absolute Gasteiger partial charge is 0.235 e. The third-order valence-electron chi connectivity index (χ3n) is 3.29. The first-order valence-electron chi connectivity index (χ1n) is 5.74. The minimum Gasteiger partial charge on any atom is -0.274 e. The fourth-order valence-electron chi connectivity index (χ4n) is 2.08. The van der Waals surface area contributed by atoms with Crippen molar-refractivity contribution in [2.75, 3.05) is 0 Å². The number of rotatable bonds is 2. The molecule has 4 rings (SSSR count). The van der Waals surface area contributed by atoms with Gasteiger partial charge in [-0.1, -0.05) is 29.4 Å². The van der Waals surface area contributed by atoms with Crippen LogP contribution in [0.15, 0.2) is 6.20 Å². The summed E-state index contributed by atoms with van der Waals surface area (Å²) < 4.78 is 1.83. The number of aromatic nitrogens is 6. The van der Waals surface area contributed by atoms with E-state index in [0.29, 0.717) is 10.9 Å². The third kappa shape index (κ3) is 1.40. The summed E-state index contributed by atoms with van der Waals surface area (Å²) >= 11 is 7.50. The monoisotopic (exact) mass is 280 g/mol. The summed E-state index contributed by atoms with van der Waals surface area (Å²) in [6, 6.07) is 0. The predicted molar refractivity (Wildman–Crippen MR) is 67.8 cm³/mol. The minimum absolute atomic E-state index is 0.507. The van der Waals surface area contributed by atoms with Crippen molar-refractivity contribution < 1.29 is 0 Å². The van der Waals surface area contributed by atoms with Gasteiger partial charge in [-0.25, -0.2) is 0 Å². The van der Waals surface area contributed by atoms with Crippen molar-refractivity contribution in [3.05, 3.63) is 17.0 Å². The number of fused-ring (bicyclic) bond motifs is 1. The van der Waals surface area contributed by atoms with Gasteiger partial charge in [-0.2, -0.15) is 14.7 Å². The number of hydrogen-bond donors (Lipinski definition) is 1. The van der Waals surface area contributed by atoms with Crippen molar-refractivity contribution in [2.24, 2.45) is 0 Å². The molecule has 0 radical (unpaired) electrons. The maximum Gasteiger partial charge on any atom is 0.235 e. The Morgan fingerprint density at radius 2 is 2.28 bits per heavy atom. The van der Waals surface area contributed by atoms with Gasteiger partial charge in [0.1, 0.15) is 5.69 Å². The summed E-state index contributed by atoms with van der Waals surface area (Å²) in [5, 5.41) is 21.1. The molecule has 0 saturated heterocycles. The molecule has 0 amide bonds. The molecule has 1 aliphatic rings. The van der Waals surface area contributed by atoms with Crippen molar-refractivity contribution >= 4 is 27.9 Å².